The molecule has 0 spiro atoms. The van der Waals surface area contributed by atoms with E-state index < -0.39 is 0 Å². The van der Waals surface area contributed by atoms with Crippen LogP contribution in [0.1, 0.15) is 47.0 Å². The Morgan fingerprint density at radius 2 is 2.11 bits per heavy atom. The van der Waals surface area contributed by atoms with E-state index >= 15 is 0 Å². The quantitative estimate of drug-likeness (QED) is 0.660. The van der Waals surface area contributed by atoms with Gasteiger partial charge in [0.25, 0.3) is 0 Å². The van der Waals surface area contributed by atoms with Crippen LogP contribution in [-0.2, 0) is 4.79 Å². The van der Waals surface area contributed by atoms with Gasteiger partial charge in [-0.05, 0) is 57.3 Å². The number of hydrogen-bond acceptors (Lipinski definition) is 1. The van der Waals surface area contributed by atoms with Gasteiger partial charge in [-0.1, -0.05) is 37.1 Å². The zero-order valence-corrected chi connectivity index (χ0v) is 12.1. The summed E-state index contributed by atoms with van der Waals surface area (Å²) in [6, 6.07) is 0. The monoisotopic (exact) mass is 246 g/mol. The molecule has 1 nitrogen and oxygen atoms in total. The average molecular weight is 246 g/mol. The molecule has 1 saturated carbocycles. The fourth-order valence-corrected chi connectivity index (χ4v) is 4.07. The number of carbonyl (C=O) groups excluding carboxylic acids is 1. The Kier molecular flexibility index (Phi) is 4.09. The van der Waals surface area contributed by atoms with Crippen molar-refractivity contribution >= 4 is 5.78 Å². The van der Waals surface area contributed by atoms with E-state index in [4.69, 9.17) is 0 Å². The molecule has 1 fully saturated rings. The third kappa shape index (κ3) is 2.46. The van der Waals surface area contributed by atoms with Gasteiger partial charge in [0, 0.05) is 5.92 Å². The lowest BCUT2D eigenvalue weighted by Crippen LogP contribution is -2.38. The maximum atomic E-state index is 11.9. The molecule has 0 bridgehead atoms. The van der Waals surface area contributed by atoms with Crippen LogP contribution in [0.25, 0.3) is 0 Å². The molecular weight excluding hydrogens is 220 g/mol. The lowest BCUT2D eigenvalue weighted by molar-refractivity contribution is -0.121. The number of Topliss-reactive ketones (excluding diaryl/α,β-unsaturated/α-hetero) is 1. The van der Waals surface area contributed by atoms with Gasteiger partial charge in [-0.15, -0.1) is 0 Å². The number of rotatable bonds is 2. The zero-order chi connectivity index (χ0) is 13.3. The number of hydrogen-bond donors (Lipinski definition) is 0. The van der Waals surface area contributed by atoms with E-state index in [9.17, 15) is 4.79 Å². The van der Waals surface area contributed by atoms with Crippen LogP contribution in [0.15, 0.2) is 23.8 Å². The Morgan fingerprint density at radius 3 is 2.72 bits per heavy atom. The van der Waals surface area contributed by atoms with Crippen molar-refractivity contribution in [3.63, 3.8) is 0 Å². The predicted molar refractivity (Wildman–Crippen MR) is 76.2 cm³/mol. The molecule has 0 aromatic heterocycles. The van der Waals surface area contributed by atoms with E-state index in [1.165, 1.54) is 24.8 Å². The van der Waals surface area contributed by atoms with Crippen molar-refractivity contribution in [2.75, 3.05) is 0 Å². The topological polar surface area (TPSA) is 17.1 Å². The first-order chi connectivity index (χ1) is 8.54. The Morgan fingerprint density at radius 1 is 1.39 bits per heavy atom. The van der Waals surface area contributed by atoms with E-state index in [1.807, 2.05) is 0 Å². The van der Waals surface area contributed by atoms with Crippen LogP contribution in [0.2, 0.25) is 0 Å². The summed E-state index contributed by atoms with van der Waals surface area (Å²) in [5, 5.41) is 0. The third-order valence-electron chi connectivity index (χ3n) is 4.98. The average Bonchev–Trinajstić information content (AvgIpc) is 2.32. The minimum Gasteiger partial charge on any atom is -0.299 e. The highest BCUT2D eigenvalue weighted by atomic mass is 16.1. The Labute approximate surface area is 111 Å². The van der Waals surface area contributed by atoms with E-state index in [1.54, 1.807) is 6.92 Å². The maximum Gasteiger partial charge on any atom is 0.137 e. The molecule has 2 aliphatic rings. The van der Waals surface area contributed by atoms with Gasteiger partial charge in [-0.3, -0.25) is 4.79 Å². The van der Waals surface area contributed by atoms with E-state index in [0.717, 1.165) is 11.8 Å². The van der Waals surface area contributed by atoms with Crippen LogP contribution in [0, 0.1) is 29.6 Å². The van der Waals surface area contributed by atoms with Gasteiger partial charge in [0.15, 0.2) is 0 Å². The fourth-order valence-electron chi connectivity index (χ4n) is 4.07. The highest BCUT2D eigenvalue weighted by Gasteiger charge is 2.41. The summed E-state index contributed by atoms with van der Waals surface area (Å²) in [6.45, 7) is 8.41. The fraction of sp³-hybridized carbons (Fsp3) is 0.706. The second kappa shape index (κ2) is 5.42. The minimum atomic E-state index is 0.118. The molecule has 0 aliphatic heterocycles. The molecule has 2 rings (SSSR count). The van der Waals surface area contributed by atoms with E-state index in [-0.39, 0.29) is 5.92 Å². The Hall–Kier alpha value is -0.850. The molecule has 0 heterocycles. The minimum absolute atomic E-state index is 0.118. The lowest BCUT2D eigenvalue weighted by Gasteiger charge is -2.45. The summed E-state index contributed by atoms with van der Waals surface area (Å²) in [5.41, 5.74) is 1.47. The van der Waals surface area contributed by atoms with Gasteiger partial charge in [-0.2, -0.15) is 0 Å². The van der Waals surface area contributed by atoms with Crippen molar-refractivity contribution < 1.29 is 4.79 Å². The molecule has 5 atom stereocenters. The highest BCUT2D eigenvalue weighted by molar-refractivity contribution is 5.81. The number of carbonyl (C=O) groups is 1. The first kappa shape index (κ1) is 13.6. The van der Waals surface area contributed by atoms with Gasteiger partial charge < -0.3 is 0 Å². The van der Waals surface area contributed by atoms with Crippen LogP contribution < -0.4 is 0 Å². The summed E-state index contributed by atoms with van der Waals surface area (Å²) in [5.74, 6) is 3.10. The Balaban J connectivity index is 2.35. The van der Waals surface area contributed by atoms with Crippen molar-refractivity contribution in [3.8, 4) is 0 Å². The largest absolute Gasteiger partial charge is 0.299 e. The summed E-state index contributed by atoms with van der Waals surface area (Å²) in [6.07, 6.45) is 10.6. The van der Waals surface area contributed by atoms with Crippen molar-refractivity contribution in [1.29, 1.82) is 0 Å². The standard InChI is InChI=1S/C17H26O/c1-5-6-15-16(13(4)18)10-12(3)14-8-7-11(2)9-17(14)15/h5-6,10-11,14-17H,7-9H2,1-4H3/b6-5+. The predicted octanol–water partition coefficient (Wildman–Crippen LogP) is 4.40. The van der Waals surface area contributed by atoms with Crippen LogP contribution in [0.4, 0.5) is 0 Å². The molecule has 0 radical (unpaired) electrons. The lowest BCUT2D eigenvalue weighted by atomic mass is 9.59. The van der Waals surface area contributed by atoms with Crippen molar-refractivity contribution in [2.45, 2.75) is 47.0 Å². The van der Waals surface area contributed by atoms with Crippen molar-refractivity contribution in [1.82, 2.24) is 0 Å². The molecule has 5 unspecified atom stereocenters. The number of allylic oxidation sites excluding steroid dienone is 4. The smallest absolute Gasteiger partial charge is 0.137 e. The molecule has 0 amide bonds. The van der Waals surface area contributed by atoms with Gasteiger partial charge in [0.1, 0.15) is 5.78 Å². The van der Waals surface area contributed by atoms with Gasteiger partial charge in [0.2, 0.25) is 0 Å². The van der Waals surface area contributed by atoms with Crippen molar-refractivity contribution in [2.24, 2.45) is 29.6 Å². The maximum absolute atomic E-state index is 11.9. The first-order valence-electron chi connectivity index (χ1n) is 7.36. The normalized spacial score (nSPS) is 40.4. The molecular formula is C17H26O. The molecule has 0 aromatic rings. The highest BCUT2D eigenvalue weighted by Crippen LogP contribution is 2.48. The zero-order valence-electron chi connectivity index (χ0n) is 12.1. The molecule has 18 heavy (non-hydrogen) atoms. The van der Waals surface area contributed by atoms with Crippen LogP contribution >= 0.6 is 0 Å². The molecule has 2 aliphatic carbocycles. The second-order valence-electron chi connectivity index (χ2n) is 6.34. The second-order valence-corrected chi connectivity index (χ2v) is 6.34. The number of ketones is 1. The van der Waals surface area contributed by atoms with Gasteiger partial charge >= 0.3 is 0 Å². The van der Waals surface area contributed by atoms with Gasteiger partial charge in [0.05, 0.1) is 0 Å². The van der Waals surface area contributed by atoms with Crippen LogP contribution in [0.3, 0.4) is 0 Å². The third-order valence-corrected chi connectivity index (χ3v) is 4.98. The van der Waals surface area contributed by atoms with Crippen molar-refractivity contribution in [3.05, 3.63) is 23.8 Å². The number of fused-ring (bicyclic) bond motifs is 1. The molecule has 0 saturated heterocycles. The van der Waals surface area contributed by atoms with E-state index in [2.05, 4.69) is 39.0 Å². The molecule has 0 N–H and O–H groups in total. The molecule has 100 valence electrons. The van der Waals surface area contributed by atoms with E-state index in [0.29, 0.717) is 17.6 Å². The molecule has 0 aromatic carbocycles. The summed E-state index contributed by atoms with van der Waals surface area (Å²) in [7, 11) is 0. The molecule has 1 heteroatoms. The van der Waals surface area contributed by atoms with Crippen LogP contribution in [-0.4, -0.2) is 5.78 Å². The first-order valence-corrected chi connectivity index (χ1v) is 7.36. The van der Waals surface area contributed by atoms with Gasteiger partial charge in [-0.25, -0.2) is 0 Å². The summed E-state index contributed by atoms with van der Waals surface area (Å²) >= 11 is 0. The SMILES string of the molecule is C/C=C/C1C(C(C)=O)C=C(C)C2CCC(C)CC21. The summed E-state index contributed by atoms with van der Waals surface area (Å²) < 4.78 is 0. The van der Waals surface area contributed by atoms with Crippen LogP contribution in [0.5, 0.6) is 0 Å². The Bertz CT molecular complexity index is 377. The summed E-state index contributed by atoms with van der Waals surface area (Å²) in [4.78, 5) is 11.9.